The quantitative estimate of drug-likeness (QED) is 0.125. The first-order valence-electron chi connectivity index (χ1n) is 10.5. The first kappa shape index (κ1) is 45.3. The Hall–Kier alpha value is -1.25. The van der Waals surface area contributed by atoms with Crippen molar-refractivity contribution >= 4 is 5.97 Å². The molecule has 33 heavy (non-hydrogen) atoms. The minimum absolute atomic E-state index is 0. The molecule has 0 heterocycles. The maximum absolute atomic E-state index is 11.1. The zero-order valence-corrected chi connectivity index (χ0v) is 18.0. The summed E-state index contributed by atoms with van der Waals surface area (Å²) < 4.78 is 20.4. The Morgan fingerprint density at radius 3 is 1.58 bits per heavy atom. The fourth-order valence-corrected chi connectivity index (χ4v) is 2.07. The third kappa shape index (κ3) is 49.1. The van der Waals surface area contributed by atoms with Gasteiger partial charge in [-0.25, -0.2) is 0 Å². The molecular formula is C26H58O7. The molecule has 0 aromatic carbocycles. The first-order valence-corrected chi connectivity index (χ1v) is 10.5. The van der Waals surface area contributed by atoms with Crippen molar-refractivity contribution in [1.29, 1.82) is 0 Å². The van der Waals surface area contributed by atoms with E-state index in [1.807, 2.05) is 0 Å². The van der Waals surface area contributed by atoms with E-state index in [0.29, 0.717) is 52.7 Å². The molecule has 204 valence electrons. The van der Waals surface area contributed by atoms with Gasteiger partial charge in [-0.05, 0) is 25.7 Å². The zero-order valence-electron chi connectivity index (χ0n) is 18.0. The monoisotopic (exact) mass is 482 g/mol. The highest BCUT2D eigenvalue weighted by molar-refractivity contribution is 5.69. The molecule has 0 saturated carbocycles. The van der Waals surface area contributed by atoms with E-state index in [1.165, 1.54) is 0 Å². The van der Waals surface area contributed by atoms with Gasteiger partial charge in [0.25, 0.3) is 0 Å². The zero-order chi connectivity index (χ0) is 21.8. The highest BCUT2D eigenvalue weighted by Crippen LogP contribution is 2.00. The van der Waals surface area contributed by atoms with Crippen LogP contribution in [0.2, 0.25) is 0 Å². The molecule has 0 fully saturated rings. The standard InChI is InChI=1S/C11H20O4.C11H22O3.4CH4/c1-2-8-14-9-10-15-11(13)6-4-3-5-7-12;1-2-8-13-10-11-14-9-6-4-3-5-7-12;;;;/h2,12H,1,3-10H2;2,12H,1,3-11H2;4*1H4. The van der Waals surface area contributed by atoms with Crippen molar-refractivity contribution in [2.45, 2.75) is 81.1 Å². The molecule has 0 saturated heterocycles. The van der Waals surface area contributed by atoms with E-state index in [0.717, 1.165) is 51.6 Å². The van der Waals surface area contributed by atoms with Crippen LogP contribution in [0.25, 0.3) is 0 Å². The van der Waals surface area contributed by atoms with E-state index in [9.17, 15) is 4.79 Å². The van der Waals surface area contributed by atoms with E-state index in [2.05, 4.69) is 13.2 Å². The van der Waals surface area contributed by atoms with Crippen molar-refractivity contribution < 1.29 is 34.0 Å². The van der Waals surface area contributed by atoms with Gasteiger partial charge in [0.2, 0.25) is 0 Å². The fraction of sp³-hybridized carbons (Fsp3) is 0.808. The molecule has 0 atom stereocenters. The normalized spacial score (nSPS) is 8.91. The summed E-state index contributed by atoms with van der Waals surface area (Å²) in [5, 5.41) is 17.0. The molecular weight excluding hydrogens is 424 g/mol. The molecule has 0 aromatic heterocycles. The number of ether oxygens (including phenoxy) is 4. The van der Waals surface area contributed by atoms with Crippen molar-refractivity contribution in [1.82, 2.24) is 0 Å². The van der Waals surface area contributed by atoms with Gasteiger partial charge in [0.1, 0.15) is 6.61 Å². The van der Waals surface area contributed by atoms with Gasteiger partial charge in [0, 0.05) is 26.2 Å². The number of esters is 1. The molecule has 0 unspecified atom stereocenters. The lowest BCUT2D eigenvalue weighted by atomic mass is 10.2. The van der Waals surface area contributed by atoms with Gasteiger partial charge in [-0.1, -0.05) is 61.1 Å². The molecule has 0 aliphatic rings. The number of hydrogen-bond donors (Lipinski definition) is 2. The molecule has 0 aromatic rings. The molecule has 7 heteroatoms. The molecule has 0 bridgehead atoms. The largest absolute Gasteiger partial charge is 0.463 e. The predicted molar refractivity (Wildman–Crippen MR) is 142 cm³/mol. The number of aliphatic hydroxyl groups is 2. The van der Waals surface area contributed by atoms with Crippen molar-refractivity contribution in [2.24, 2.45) is 0 Å². The van der Waals surface area contributed by atoms with Crippen LogP contribution in [0.3, 0.4) is 0 Å². The molecule has 0 aliphatic carbocycles. The van der Waals surface area contributed by atoms with Crippen LogP contribution in [0.15, 0.2) is 25.3 Å². The van der Waals surface area contributed by atoms with Crippen LogP contribution in [0.4, 0.5) is 0 Å². The summed E-state index contributed by atoms with van der Waals surface area (Å²) >= 11 is 0. The maximum Gasteiger partial charge on any atom is 0.305 e. The Balaban J connectivity index is -0.0000000987. The Labute approximate surface area is 206 Å². The lowest BCUT2D eigenvalue weighted by Crippen LogP contribution is -2.10. The second-order valence-electron chi connectivity index (χ2n) is 6.23. The van der Waals surface area contributed by atoms with Crippen molar-refractivity contribution in [3.05, 3.63) is 25.3 Å². The van der Waals surface area contributed by atoms with E-state index >= 15 is 0 Å². The highest BCUT2D eigenvalue weighted by Gasteiger charge is 2.01. The van der Waals surface area contributed by atoms with Gasteiger partial charge < -0.3 is 29.2 Å². The van der Waals surface area contributed by atoms with Crippen LogP contribution in [0, 0.1) is 0 Å². The Bertz CT molecular complexity index is 350. The van der Waals surface area contributed by atoms with E-state index < -0.39 is 0 Å². The Kier molecular flexibility index (Phi) is 61.0. The van der Waals surface area contributed by atoms with Gasteiger partial charge in [-0.15, -0.1) is 13.2 Å². The van der Waals surface area contributed by atoms with E-state index in [-0.39, 0.29) is 42.3 Å². The smallest absolute Gasteiger partial charge is 0.305 e. The fourth-order valence-electron chi connectivity index (χ4n) is 2.07. The minimum atomic E-state index is -0.199. The Morgan fingerprint density at radius 2 is 1.06 bits per heavy atom. The maximum atomic E-state index is 11.1. The predicted octanol–water partition coefficient (Wildman–Crippen LogP) is 5.59. The number of carbonyl (C=O) groups excluding carboxylic acids is 1. The molecule has 0 spiro atoms. The molecule has 0 rings (SSSR count). The molecule has 0 radical (unpaired) electrons. The second-order valence-corrected chi connectivity index (χ2v) is 6.23. The second kappa shape index (κ2) is 44.4. The summed E-state index contributed by atoms with van der Waals surface area (Å²) in [5.41, 5.74) is 0. The van der Waals surface area contributed by atoms with Crippen LogP contribution in [0.5, 0.6) is 0 Å². The van der Waals surface area contributed by atoms with Gasteiger partial charge in [-0.3, -0.25) is 4.79 Å². The highest BCUT2D eigenvalue weighted by atomic mass is 16.6. The van der Waals surface area contributed by atoms with Crippen LogP contribution in [0.1, 0.15) is 81.1 Å². The van der Waals surface area contributed by atoms with E-state index in [4.69, 9.17) is 29.2 Å². The van der Waals surface area contributed by atoms with Gasteiger partial charge in [-0.2, -0.15) is 0 Å². The summed E-state index contributed by atoms with van der Waals surface area (Å²) in [6.07, 6.45) is 10.4. The van der Waals surface area contributed by atoms with Crippen LogP contribution in [-0.2, 0) is 23.7 Å². The molecule has 2 N–H and O–H groups in total. The Morgan fingerprint density at radius 1 is 0.606 bits per heavy atom. The third-order valence-corrected chi connectivity index (χ3v) is 3.57. The lowest BCUT2D eigenvalue weighted by Gasteiger charge is -2.04. The number of unbranched alkanes of at least 4 members (excludes halogenated alkanes) is 5. The number of hydrogen-bond acceptors (Lipinski definition) is 7. The van der Waals surface area contributed by atoms with Gasteiger partial charge in [0.15, 0.2) is 0 Å². The summed E-state index contributed by atoms with van der Waals surface area (Å²) in [6.45, 7) is 11.4. The number of aliphatic hydroxyl groups excluding tert-OH is 2. The van der Waals surface area contributed by atoms with Crippen LogP contribution >= 0.6 is 0 Å². The van der Waals surface area contributed by atoms with Gasteiger partial charge in [0.05, 0.1) is 33.0 Å². The topological polar surface area (TPSA) is 94.5 Å². The van der Waals surface area contributed by atoms with Gasteiger partial charge >= 0.3 is 5.97 Å². The molecule has 0 amide bonds. The van der Waals surface area contributed by atoms with Crippen LogP contribution in [-0.4, -0.2) is 75.6 Å². The number of carbonyl (C=O) groups is 1. The van der Waals surface area contributed by atoms with Crippen molar-refractivity contribution in [3.8, 4) is 0 Å². The lowest BCUT2D eigenvalue weighted by molar-refractivity contribution is -0.145. The summed E-state index contributed by atoms with van der Waals surface area (Å²) in [4.78, 5) is 11.1. The average molecular weight is 483 g/mol. The van der Waals surface area contributed by atoms with Crippen LogP contribution < -0.4 is 0 Å². The summed E-state index contributed by atoms with van der Waals surface area (Å²) in [5.74, 6) is -0.199. The van der Waals surface area contributed by atoms with Crippen molar-refractivity contribution in [2.75, 3.05) is 59.5 Å². The van der Waals surface area contributed by atoms with Crippen molar-refractivity contribution in [3.63, 3.8) is 0 Å². The first-order chi connectivity index (χ1) is 14.2. The summed E-state index contributed by atoms with van der Waals surface area (Å²) in [6, 6.07) is 0. The molecule has 7 nitrogen and oxygen atoms in total. The third-order valence-electron chi connectivity index (χ3n) is 3.57. The SMILES string of the molecule is C.C.C.C.C=CCOCCOC(=O)CCCCCO.C=CCOCCOCCCCCCO. The summed E-state index contributed by atoms with van der Waals surface area (Å²) in [7, 11) is 0. The van der Waals surface area contributed by atoms with E-state index in [1.54, 1.807) is 12.2 Å². The molecule has 0 aliphatic heterocycles. The number of rotatable bonds is 21. The minimum Gasteiger partial charge on any atom is -0.463 e. The average Bonchev–Trinajstić information content (AvgIpc) is 2.73.